The van der Waals surface area contributed by atoms with Gasteiger partial charge in [0.2, 0.25) is 0 Å². The number of carbonyl (C=O) groups is 1. The standard InChI is InChI=1S/C19H32O/c1-14(13-20)7-9-16-15(2)8-10-17-18(3,4)11-6-12-19(16,17)5/h13-14,16-17H,2,6-12H2,1,3-5H3/t14-,16-,17-,19+/m0/s1. The van der Waals surface area contributed by atoms with Gasteiger partial charge in [0.05, 0.1) is 0 Å². The minimum atomic E-state index is 0.198. The molecular formula is C19H32O. The van der Waals surface area contributed by atoms with Crippen LogP contribution in [-0.4, -0.2) is 6.29 Å². The van der Waals surface area contributed by atoms with Crippen LogP contribution >= 0.6 is 0 Å². The summed E-state index contributed by atoms with van der Waals surface area (Å²) >= 11 is 0. The molecule has 2 rings (SSSR count). The predicted molar refractivity (Wildman–Crippen MR) is 85.6 cm³/mol. The molecule has 1 nitrogen and oxygen atoms in total. The second-order valence-corrected chi connectivity index (χ2v) is 8.34. The lowest BCUT2D eigenvalue weighted by Gasteiger charge is -2.58. The maximum atomic E-state index is 10.9. The smallest absolute Gasteiger partial charge is 0.122 e. The summed E-state index contributed by atoms with van der Waals surface area (Å²) in [5.41, 5.74) is 2.35. The summed E-state index contributed by atoms with van der Waals surface area (Å²) in [7, 11) is 0. The highest BCUT2D eigenvalue weighted by molar-refractivity contribution is 5.52. The van der Waals surface area contributed by atoms with Crippen LogP contribution in [0.3, 0.4) is 0 Å². The van der Waals surface area contributed by atoms with Crippen molar-refractivity contribution >= 4 is 6.29 Å². The Hall–Kier alpha value is -0.590. The van der Waals surface area contributed by atoms with Crippen LogP contribution in [0.1, 0.15) is 72.6 Å². The van der Waals surface area contributed by atoms with Gasteiger partial charge < -0.3 is 4.79 Å². The molecule has 0 bridgehead atoms. The van der Waals surface area contributed by atoms with E-state index in [4.69, 9.17) is 0 Å². The molecule has 20 heavy (non-hydrogen) atoms. The third-order valence-corrected chi connectivity index (χ3v) is 6.46. The van der Waals surface area contributed by atoms with Gasteiger partial charge in [-0.15, -0.1) is 0 Å². The number of hydrogen-bond acceptors (Lipinski definition) is 1. The van der Waals surface area contributed by atoms with Crippen molar-refractivity contribution in [2.45, 2.75) is 72.6 Å². The number of carbonyl (C=O) groups excluding carboxylic acids is 1. The van der Waals surface area contributed by atoms with Crippen LogP contribution < -0.4 is 0 Å². The van der Waals surface area contributed by atoms with Gasteiger partial charge >= 0.3 is 0 Å². The van der Waals surface area contributed by atoms with Gasteiger partial charge in [0.15, 0.2) is 0 Å². The lowest BCUT2D eigenvalue weighted by atomic mass is 9.47. The Balaban J connectivity index is 2.19. The maximum Gasteiger partial charge on any atom is 0.122 e. The molecule has 2 aliphatic carbocycles. The van der Waals surface area contributed by atoms with E-state index in [-0.39, 0.29) is 5.92 Å². The van der Waals surface area contributed by atoms with Crippen LogP contribution in [-0.2, 0) is 4.79 Å². The molecule has 114 valence electrons. The number of allylic oxidation sites excluding steroid dienone is 1. The molecule has 4 atom stereocenters. The molecular weight excluding hydrogens is 244 g/mol. The highest BCUT2D eigenvalue weighted by atomic mass is 16.1. The molecule has 0 amide bonds. The van der Waals surface area contributed by atoms with Gasteiger partial charge in [-0.1, -0.05) is 46.3 Å². The lowest BCUT2D eigenvalue weighted by Crippen LogP contribution is -2.49. The van der Waals surface area contributed by atoms with Gasteiger partial charge in [-0.3, -0.25) is 0 Å². The summed E-state index contributed by atoms with van der Waals surface area (Å²) in [5.74, 6) is 1.65. The predicted octanol–water partition coefficient (Wildman–Crippen LogP) is 5.40. The quantitative estimate of drug-likeness (QED) is 0.496. The fourth-order valence-corrected chi connectivity index (χ4v) is 5.31. The average Bonchev–Trinajstić information content (AvgIpc) is 2.36. The van der Waals surface area contributed by atoms with E-state index in [0.29, 0.717) is 16.7 Å². The van der Waals surface area contributed by atoms with E-state index in [1.54, 1.807) is 0 Å². The highest BCUT2D eigenvalue weighted by Crippen LogP contribution is 2.61. The molecule has 0 saturated heterocycles. The first-order valence-corrected chi connectivity index (χ1v) is 8.44. The number of rotatable bonds is 4. The van der Waals surface area contributed by atoms with Crippen LogP contribution in [0.25, 0.3) is 0 Å². The highest BCUT2D eigenvalue weighted by Gasteiger charge is 2.52. The molecule has 0 spiro atoms. The van der Waals surface area contributed by atoms with Crippen molar-refractivity contribution in [1.29, 1.82) is 0 Å². The van der Waals surface area contributed by atoms with E-state index in [9.17, 15) is 4.79 Å². The minimum absolute atomic E-state index is 0.198. The third-order valence-electron chi connectivity index (χ3n) is 6.46. The Kier molecular flexibility index (Phi) is 4.47. The van der Waals surface area contributed by atoms with Crippen LogP contribution in [0, 0.1) is 28.6 Å². The summed E-state index contributed by atoms with van der Waals surface area (Å²) in [6, 6.07) is 0. The summed E-state index contributed by atoms with van der Waals surface area (Å²) in [4.78, 5) is 10.9. The molecule has 2 aliphatic rings. The molecule has 2 saturated carbocycles. The van der Waals surface area contributed by atoms with Crippen molar-refractivity contribution in [2.24, 2.45) is 28.6 Å². The second-order valence-electron chi connectivity index (χ2n) is 8.34. The number of hydrogen-bond donors (Lipinski definition) is 0. The SMILES string of the molecule is C=C1CC[C@H]2C(C)(C)CCC[C@]2(C)[C@H]1CC[C@H](C)C=O. The van der Waals surface area contributed by atoms with Crippen molar-refractivity contribution in [3.63, 3.8) is 0 Å². The Morgan fingerprint density at radius 3 is 2.70 bits per heavy atom. The second kappa shape index (κ2) is 5.66. The van der Waals surface area contributed by atoms with Crippen LogP contribution in [0.2, 0.25) is 0 Å². The molecule has 0 aromatic heterocycles. The lowest BCUT2D eigenvalue weighted by molar-refractivity contribution is -0.111. The summed E-state index contributed by atoms with van der Waals surface area (Å²) in [6.45, 7) is 13.9. The Morgan fingerprint density at radius 1 is 1.35 bits per heavy atom. The first-order chi connectivity index (χ1) is 9.31. The van der Waals surface area contributed by atoms with Gasteiger partial charge in [-0.05, 0) is 61.2 Å². The molecule has 0 aromatic rings. The normalized spacial score (nSPS) is 38.1. The molecule has 0 radical (unpaired) electrons. The zero-order valence-corrected chi connectivity index (χ0v) is 13.9. The zero-order chi connectivity index (χ0) is 15.0. The van der Waals surface area contributed by atoms with E-state index >= 15 is 0 Å². The van der Waals surface area contributed by atoms with Gasteiger partial charge in [0.1, 0.15) is 6.29 Å². The zero-order valence-electron chi connectivity index (χ0n) is 13.9. The Bertz CT molecular complexity index is 381. The fourth-order valence-electron chi connectivity index (χ4n) is 5.31. The van der Waals surface area contributed by atoms with E-state index in [0.717, 1.165) is 25.0 Å². The van der Waals surface area contributed by atoms with Crippen molar-refractivity contribution < 1.29 is 4.79 Å². The van der Waals surface area contributed by atoms with Crippen molar-refractivity contribution in [1.82, 2.24) is 0 Å². The fraction of sp³-hybridized carbons (Fsp3) is 0.842. The summed E-state index contributed by atoms with van der Waals surface area (Å²) < 4.78 is 0. The van der Waals surface area contributed by atoms with E-state index in [1.165, 1.54) is 37.7 Å². The average molecular weight is 276 g/mol. The first-order valence-electron chi connectivity index (χ1n) is 8.44. The molecule has 0 heterocycles. The third kappa shape index (κ3) is 2.73. The maximum absolute atomic E-state index is 10.9. The van der Waals surface area contributed by atoms with Crippen LogP contribution in [0.5, 0.6) is 0 Å². The topological polar surface area (TPSA) is 17.1 Å². The first kappa shape index (κ1) is 15.8. The monoisotopic (exact) mass is 276 g/mol. The van der Waals surface area contributed by atoms with Crippen molar-refractivity contribution in [2.75, 3.05) is 0 Å². The van der Waals surface area contributed by atoms with Gasteiger partial charge in [0, 0.05) is 5.92 Å². The van der Waals surface area contributed by atoms with Gasteiger partial charge in [0.25, 0.3) is 0 Å². The molecule has 0 aliphatic heterocycles. The Morgan fingerprint density at radius 2 is 2.05 bits per heavy atom. The summed E-state index contributed by atoms with van der Waals surface area (Å²) in [6.07, 6.45) is 9.88. The number of aldehydes is 1. The van der Waals surface area contributed by atoms with Crippen LogP contribution in [0.15, 0.2) is 12.2 Å². The summed E-state index contributed by atoms with van der Waals surface area (Å²) in [5, 5.41) is 0. The minimum Gasteiger partial charge on any atom is -0.303 e. The van der Waals surface area contributed by atoms with E-state index in [1.807, 2.05) is 6.92 Å². The molecule has 0 aromatic carbocycles. The van der Waals surface area contributed by atoms with Crippen molar-refractivity contribution in [3.8, 4) is 0 Å². The van der Waals surface area contributed by atoms with Crippen LogP contribution in [0.4, 0.5) is 0 Å². The largest absolute Gasteiger partial charge is 0.303 e. The molecule has 1 heteroatoms. The van der Waals surface area contributed by atoms with Gasteiger partial charge in [-0.25, -0.2) is 0 Å². The molecule has 2 fully saturated rings. The van der Waals surface area contributed by atoms with E-state index in [2.05, 4.69) is 27.4 Å². The van der Waals surface area contributed by atoms with Crippen molar-refractivity contribution in [3.05, 3.63) is 12.2 Å². The Labute approximate surface area is 125 Å². The van der Waals surface area contributed by atoms with E-state index < -0.39 is 0 Å². The number of fused-ring (bicyclic) bond motifs is 1. The molecule has 0 unspecified atom stereocenters. The molecule has 0 N–H and O–H groups in total. The van der Waals surface area contributed by atoms with Gasteiger partial charge in [-0.2, -0.15) is 0 Å².